The molecule has 110 valence electrons. The highest BCUT2D eigenvalue weighted by Gasteiger charge is 2.32. The van der Waals surface area contributed by atoms with Crippen LogP contribution in [0, 0.1) is 5.92 Å². The average Bonchev–Trinajstić information content (AvgIpc) is 3.25. The molecule has 0 amide bonds. The van der Waals surface area contributed by atoms with Crippen LogP contribution in [-0.2, 0) is 13.0 Å². The molecule has 0 saturated heterocycles. The molecule has 0 bridgehead atoms. The van der Waals surface area contributed by atoms with E-state index in [0.717, 1.165) is 28.7 Å². The van der Waals surface area contributed by atoms with Gasteiger partial charge in [0.2, 0.25) is 0 Å². The summed E-state index contributed by atoms with van der Waals surface area (Å²) in [7, 11) is 0. The minimum atomic E-state index is 0.120. The number of benzene rings is 1. The molecule has 1 saturated carbocycles. The molecule has 21 heavy (non-hydrogen) atoms. The first kappa shape index (κ1) is 13.3. The van der Waals surface area contributed by atoms with Gasteiger partial charge in [0.05, 0.1) is 17.2 Å². The highest BCUT2D eigenvalue weighted by Crippen LogP contribution is 2.46. The quantitative estimate of drug-likeness (QED) is 0.935. The zero-order valence-electron chi connectivity index (χ0n) is 12.2. The topological polar surface area (TPSA) is 36.4 Å². The van der Waals surface area contributed by atoms with Gasteiger partial charge in [0.15, 0.2) is 5.13 Å². The largest absolute Gasteiger partial charge is 0.391 e. The van der Waals surface area contributed by atoms with Gasteiger partial charge in [0.25, 0.3) is 0 Å². The fraction of sp³-hybridized carbons (Fsp3) is 0.471. The van der Waals surface area contributed by atoms with Crippen LogP contribution in [0.15, 0.2) is 24.3 Å². The van der Waals surface area contributed by atoms with E-state index in [1.807, 2.05) is 0 Å². The Morgan fingerprint density at radius 2 is 2.14 bits per heavy atom. The van der Waals surface area contributed by atoms with Crippen molar-refractivity contribution >= 4 is 22.2 Å². The molecule has 1 fully saturated rings. The van der Waals surface area contributed by atoms with Crippen LogP contribution in [-0.4, -0.2) is 16.6 Å². The smallest absolute Gasteiger partial charge is 0.190 e. The average molecular weight is 300 g/mol. The summed E-state index contributed by atoms with van der Waals surface area (Å²) in [6.07, 6.45) is 3.59. The molecule has 0 spiro atoms. The van der Waals surface area contributed by atoms with Gasteiger partial charge in [-0.3, -0.25) is 0 Å². The van der Waals surface area contributed by atoms with Crippen molar-refractivity contribution in [3.63, 3.8) is 0 Å². The number of aliphatic hydroxyl groups excluding tert-OH is 1. The lowest BCUT2D eigenvalue weighted by Gasteiger charge is -2.32. The normalized spacial score (nSPS) is 21.4. The van der Waals surface area contributed by atoms with E-state index in [9.17, 15) is 5.11 Å². The van der Waals surface area contributed by atoms with E-state index in [-0.39, 0.29) is 6.61 Å². The monoisotopic (exact) mass is 300 g/mol. The first-order chi connectivity index (χ1) is 10.3. The zero-order valence-corrected chi connectivity index (χ0v) is 13.1. The third kappa shape index (κ3) is 2.36. The summed E-state index contributed by atoms with van der Waals surface area (Å²) >= 11 is 1.66. The fourth-order valence-electron chi connectivity index (χ4n) is 3.23. The third-order valence-electron chi connectivity index (χ3n) is 4.40. The van der Waals surface area contributed by atoms with Gasteiger partial charge in [-0.25, -0.2) is 4.98 Å². The number of fused-ring (bicyclic) bond motifs is 1. The molecule has 1 aliphatic carbocycles. The Labute approximate surface area is 129 Å². The maximum atomic E-state index is 9.61. The van der Waals surface area contributed by atoms with E-state index < -0.39 is 0 Å². The van der Waals surface area contributed by atoms with Crippen LogP contribution in [0.3, 0.4) is 0 Å². The van der Waals surface area contributed by atoms with Crippen LogP contribution in [0.5, 0.6) is 0 Å². The molecule has 1 N–H and O–H groups in total. The Balaban J connectivity index is 1.76. The van der Waals surface area contributed by atoms with Crippen LogP contribution >= 0.6 is 11.3 Å². The Hall–Kier alpha value is -1.39. The molecule has 1 aromatic heterocycles. The summed E-state index contributed by atoms with van der Waals surface area (Å²) in [4.78, 5) is 8.29. The zero-order chi connectivity index (χ0) is 14.4. The summed E-state index contributed by atoms with van der Waals surface area (Å²) in [5.74, 6) is 1.22. The standard InChI is InChI=1S/C17H20N2OS/c1-11-8-13-4-2-3-5-14(13)19(9-11)17-18-16(12-6-7-12)15(10-20)21-17/h2-5,11-12,20H,6-10H2,1H3. The highest BCUT2D eigenvalue weighted by atomic mass is 32.1. The van der Waals surface area contributed by atoms with Crippen molar-refractivity contribution in [2.45, 2.75) is 38.7 Å². The minimum absolute atomic E-state index is 0.120. The second-order valence-electron chi connectivity index (χ2n) is 6.29. The Morgan fingerprint density at radius 1 is 1.33 bits per heavy atom. The van der Waals surface area contributed by atoms with E-state index in [4.69, 9.17) is 4.98 Å². The molecule has 1 atom stereocenters. The number of para-hydroxylation sites is 1. The van der Waals surface area contributed by atoms with Crippen LogP contribution in [0.4, 0.5) is 10.8 Å². The first-order valence-corrected chi connectivity index (χ1v) is 8.54. The molecule has 3 nitrogen and oxygen atoms in total. The van der Waals surface area contributed by atoms with Crippen molar-refractivity contribution in [2.75, 3.05) is 11.4 Å². The summed E-state index contributed by atoms with van der Waals surface area (Å²) in [6, 6.07) is 8.63. The summed E-state index contributed by atoms with van der Waals surface area (Å²) < 4.78 is 0. The van der Waals surface area contributed by atoms with Gasteiger partial charge in [-0.1, -0.05) is 36.5 Å². The molecular weight excluding hydrogens is 280 g/mol. The maximum absolute atomic E-state index is 9.61. The molecule has 2 heterocycles. The van der Waals surface area contributed by atoms with E-state index in [1.54, 1.807) is 11.3 Å². The number of hydrogen-bond acceptors (Lipinski definition) is 4. The minimum Gasteiger partial charge on any atom is -0.391 e. The third-order valence-corrected chi connectivity index (χ3v) is 5.48. The maximum Gasteiger partial charge on any atom is 0.190 e. The Morgan fingerprint density at radius 3 is 2.90 bits per heavy atom. The van der Waals surface area contributed by atoms with Crippen LogP contribution in [0.1, 0.15) is 41.8 Å². The van der Waals surface area contributed by atoms with Gasteiger partial charge < -0.3 is 10.0 Å². The Bertz CT molecular complexity index is 663. The molecule has 4 rings (SSSR count). The lowest BCUT2D eigenvalue weighted by Crippen LogP contribution is -2.30. The predicted molar refractivity (Wildman–Crippen MR) is 86.3 cm³/mol. The van der Waals surface area contributed by atoms with Crippen molar-refractivity contribution in [1.29, 1.82) is 0 Å². The van der Waals surface area contributed by atoms with E-state index in [1.165, 1.54) is 24.1 Å². The van der Waals surface area contributed by atoms with Crippen LogP contribution in [0.2, 0.25) is 0 Å². The number of hydrogen-bond donors (Lipinski definition) is 1. The second-order valence-corrected chi connectivity index (χ2v) is 7.35. The van der Waals surface area contributed by atoms with Gasteiger partial charge in [-0.15, -0.1) is 0 Å². The summed E-state index contributed by atoms with van der Waals surface area (Å²) in [5.41, 5.74) is 3.84. The van der Waals surface area contributed by atoms with Crippen molar-refractivity contribution in [2.24, 2.45) is 5.92 Å². The summed E-state index contributed by atoms with van der Waals surface area (Å²) in [6.45, 7) is 3.43. The van der Waals surface area contributed by atoms with E-state index in [2.05, 4.69) is 36.1 Å². The fourth-order valence-corrected chi connectivity index (χ4v) is 4.26. The highest BCUT2D eigenvalue weighted by molar-refractivity contribution is 7.15. The second kappa shape index (κ2) is 5.11. The molecule has 4 heteroatoms. The number of nitrogens with zero attached hydrogens (tertiary/aromatic N) is 2. The number of rotatable bonds is 3. The molecular formula is C17H20N2OS. The van der Waals surface area contributed by atoms with Crippen molar-refractivity contribution in [3.05, 3.63) is 40.4 Å². The van der Waals surface area contributed by atoms with Crippen LogP contribution < -0.4 is 4.90 Å². The van der Waals surface area contributed by atoms with E-state index >= 15 is 0 Å². The van der Waals surface area contributed by atoms with Crippen molar-refractivity contribution < 1.29 is 5.11 Å². The van der Waals surface area contributed by atoms with Gasteiger partial charge in [-0.05, 0) is 36.8 Å². The summed E-state index contributed by atoms with van der Waals surface area (Å²) in [5, 5.41) is 10.7. The predicted octanol–water partition coefficient (Wildman–Crippen LogP) is 3.84. The van der Waals surface area contributed by atoms with Gasteiger partial charge in [0.1, 0.15) is 0 Å². The Kier molecular flexibility index (Phi) is 3.23. The molecule has 1 aromatic carbocycles. The van der Waals surface area contributed by atoms with E-state index in [0.29, 0.717) is 11.8 Å². The number of thiazole rings is 1. The SMILES string of the molecule is CC1Cc2ccccc2N(c2nc(C3CC3)c(CO)s2)C1. The molecule has 2 aromatic rings. The molecule has 0 radical (unpaired) electrons. The van der Waals surface area contributed by atoms with Gasteiger partial charge in [0, 0.05) is 18.2 Å². The number of aliphatic hydroxyl groups is 1. The van der Waals surface area contributed by atoms with Crippen molar-refractivity contribution in [3.8, 4) is 0 Å². The van der Waals surface area contributed by atoms with Gasteiger partial charge in [-0.2, -0.15) is 0 Å². The van der Waals surface area contributed by atoms with Crippen molar-refractivity contribution in [1.82, 2.24) is 4.98 Å². The lowest BCUT2D eigenvalue weighted by atomic mass is 9.94. The molecule has 2 aliphatic rings. The van der Waals surface area contributed by atoms with Crippen LogP contribution in [0.25, 0.3) is 0 Å². The molecule has 1 unspecified atom stereocenters. The first-order valence-electron chi connectivity index (χ1n) is 7.72. The number of anilines is 2. The molecule has 1 aliphatic heterocycles. The van der Waals surface area contributed by atoms with Gasteiger partial charge >= 0.3 is 0 Å². The number of aromatic nitrogens is 1. The lowest BCUT2D eigenvalue weighted by molar-refractivity contribution is 0.284.